The molecule has 0 amide bonds. The van der Waals surface area contributed by atoms with Crippen molar-refractivity contribution >= 4 is 11.7 Å². The second-order valence-electron chi connectivity index (χ2n) is 4.18. The number of carbonyl (C=O) groups is 1. The molecule has 0 aromatic rings. The fourth-order valence-electron chi connectivity index (χ4n) is 1.54. The van der Waals surface area contributed by atoms with E-state index in [4.69, 9.17) is 4.74 Å². The van der Waals surface area contributed by atoms with Crippen LogP contribution in [0.5, 0.6) is 0 Å². The van der Waals surface area contributed by atoms with Crippen LogP contribution in [0.25, 0.3) is 0 Å². The fraction of sp³-hybridized carbons (Fsp3) is 0.800. The number of carbonyl (C=O) groups excluding carboxylic acids is 1. The minimum Gasteiger partial charge on any atom is -0.478 e. The fourth-order valence-corrected chi connectivity index (χ4v) is 1.54. The maximum atomic E-state index is 11.8. The average Bonchev–Trinajstić information content (AvgIpc) is 2.54. The van der Waals surface area contributed by atoms with Crippen molar-refractivity contribution < 1.29 is 9.53 Å². The zero-order valence-electron chi connectivity index (χ0n) is 8.76. The Morgan fingerprint density at radius 3 is 2.54 bits per heavy atom. The highest BCUT2D eigenvalue weighted by Gasteiger charge is 2.37. The summed E-state index contributed by atoms with van der Waals surface area (Å²) < 4.78 is 5.32. The van der Waals surface area contributed by atoms with E-state index in [2.05, 4.69) is 4.99 Å². The molecule has 3 nitrogen and oxygen atoms in total. The number of aliphatic imine (C=N–C) groups is 1. The second-order valence-corrected chi connectivity index (χ2v) is 4.18. The third-order valence-electron chi connectivity index (χ3n) is 2.26. The van der Waals surface area contributed by atoms with Crippen molar-refractivity contribution in [3.8, 4) is 0 Å². The van der Waals surface area contributed by atoms with Gasteiger partial charge in [0.05, 0.1) is 12.0 Å². The molecule has 74 valence electrons. The average molecular weight is 183 g/mol. The topological polar surface area (TPSA) is 38.7 Å². The number of ether oxygens (including phenoxy) is 1. The summed E-state index contributed by atoms with van der Waals surface area (Å²) in [6, 6.07) is 0. The summed E-state index contributed by atoms with van der Waals surface area (Å²) in [5.74, 6) is 0.821. The number of hydrogen-bond donors (Lipinski definition) is 0. The Kier molecular flexibility index (Phi) is 2.74. The van der Waals surface area contributed by atoms with E-state index in [1.54, 1.807) is 0 Å². The second kappa shape index (κ2) is 3.48. The van der Waals surface area contributed by atoms with Crippen molar-refractivity contribution in [3.63, 3.8) is 0 Å². The zero-order valence-corrected chi connectivity index (χ0v) is 8.76. The van der Waals surface area contributed by atoms with E-state index in [1.807, 2.05) is 27.7 Å². The minimum absolute atomic E-state index is 0.0295. The lowest BCUT2D eigenvalue weighted by atomic mass is 9.82. The standard InChI is InChI=1S/C10H17NO2/c1-7(2)8(12)10(3,4)9-11-5-6-13-9/h7H,5-6H2,1-4H3. The predicted octanol–water partition coefficient (Wildman–Crippen LogP) is 1.67. The first kappa shape index (κ1) is 10.2. The van der Waals surface area contributed by atoms with E-state index in [9.17, 15) is 4.79 Å². The molecular weight excluding hydrogens is 166 g/mol. The summed E-state index contributed by atoms with van der Waals surface area (Å²) in [6.45, 7) is 8.85. The van der Waals surface area contributed by atoms with Crippen LogP contribution in [0.2, 0.25) is 0 Å². The van der Waals surface area contributed by atoms with Gasteiger partial charge in [0.2, 0.25) is 0 Å². The van der Waals surface area contributed by atoms with Gasteiger partial charge in [-0.15, -0.1) is 0 Å². The first-order chi connectivity index (χ1) is 5.96. The van der Waals surface area contributed by atoms with Gasteiger partial charge in [-0.05, 0) is 13.8 Å². The molecule has 1 aliphatic rings. The van der Waals surface area contributed by atoms with E-state index < -0.39 is 5.41 Å². The predicted molar refractivity (Wildman–Crippen MR) is 51.9 cm³/mol. The van der Waals surface area contributed by atoms with Crippen molar-refractivity contribution in [2.24, 2.45) is 16.3 Å². The van der Waals surface area contributed by atoms with Gasteiger partial charge < -0.3 is 4.74 Å². The van der Waals surface area contributed by atoms with Gasteiger partial charge in [-0.3, -0.25) is 9.79 Å². The molecule has 1 heterocycles. The molecule has 0 radical (unpaired) electrons. The van der Waals surface area contributed by atoms with Crippen LogP contribution in [0.3, 0.4) is 0 Å². The van der Waals surface area contributed by atoms with Crippen molar-refractivity contribution in [1.82, 2.24) is 0 Å². The van der Waals surface area contributed by atoms with Gasteiger partial charge in [0.1, 0.15) is 12.4 Å². The van der Waals surface area contributed by atoms with Crippen LogP contribution in [0.1, 0.15) is 27.7 Å². The first-order valence-corrected chi connectivity index (χ1v) is 4.68. The summed E-state index contributed by atoms with van der Waals surface area (Å²) in [6.07, 6.45) is 0. The lowest BCUT2D eigenvalue weighted by Crippen LogP contribution is -2.36. The Labute approximate surface area is 79.2 Å². The molecule has 0 saturated carbocycles. The van der Waals surface area contributed by atoms with Gasteiger partial charge in [-0.2, -0.15) is 0 Å². The Hall–Kier alpha value is -0.860. The summed E-state index contributed by atoms with van der Waals surface area (Å²) in [4.78, 5) is 16.0. The maximum absolute atomic E-state index is 11.8. The van der Waals surface area contributed by atoms with Crippen LogP contribution in [0.4, 0.5) is 0 Å². The smallest absolute Gasteiger partial charge is 0.196 e. The molecule has 0 aliphatic carbocycles. The quantitative estimate of drug-likeness (QED) is 0.667. The summed E-state index contributed by atoms with van der Waals surface area (Å²) >= 11 is 0. The van der Waals surface area contributed by atoms with Gasteiger partial charge in [0.15, 0.2) is 5.90 Å². The maximum Gasteiger partial charge on any atom is 0.196 e. The Morgan fingerprint density at radius 1 is 1.54 bits per heavy atom. The lowest BCUT2D eigenvalue weighted by Gasteiger charge is -2.24. The summed E-state index contributed by atoms with van der Waals surface area (Å²) in [5.41, 5.74) is -0.551. The highest BCUT2D eigenvalue weighted by atomic mass is 16.5. The Bertz CT molecular complexity index is 241. The molecule has 0 aromatic heterocycles. The van der Waals surface area contributed by atoms with E-state index in [0.717, 1.165) is 0 Å². The van der Waals surface area contributed by atoms with Gasteiger partial charge >= 0.3 is 0 Å². The van der Waals surface area contributed by atoms with Gasteiger partial charge in [-0.25, -0.2) is 0 Å². The van der Waals surface area contributed by atoms with Crippen LogP contribution >= 0.6 is 0 Å². The lowest BCUT2D eigenvalue weighted by molar-refractivity contribution is -0.127. The van der Waals surface area contributed by atoms with Crippen LogP contribution in [-0.2, 0) is 9.53 Å². The van der Waals surface area contributed by atoms with E-state index in [-0.39, 0.29) is 11.7 Å². The normalized spacial score (nSPS) is 17.2. The van der Waals surface area contributed by atoms with Crippen LogP contribution in [-0.4, -0.2) is 24.8 Å². The number of hydrogen-bond acceptors (Lipinski definition) is 3. The highest BCUT2D eigenvalue weighted by Crippen LogP contribution is 2.25. The third-order valence-corrected chi connectivity index (χ3v) is 2.26. The van der Waals surface area contributed by atoms with E-state index >= 15 is 0 Å². The zero-order chi connectivity index (χ0) is 10.1. The Morgan fingerprint density at radius 2 is 2.15 bits per heavy atom. The molecule has 0 bridgehead atoms. The van der Waals surface area contributed by atoms with Crippen molar-refractivity contribution in [2.45, 2.75) is 27.7 Å². The molecule has 1 aliphatic heterocycles. The molecule has 0 aromatic carbocycles. The van der Waals surface area contributed by atoms with Gasteiger partial charge in [0.25, 0.3) is 0 Å². The third kappa shape index (κ3) is 1.90. The molecule has 0 fully saturated rings. The molecule has 0 unspecified atom stereocenters. The van der Waals surface area contributed by atoms with Crippen molar-refractivity contribution in [2.75, 3.05) is 13.2 Å². The van der Waals surface area contributed by atoms with Crippen LogP contribution in [0.15, 0.2) is 4.99 Å². The van der Waals surface area contributed by atoms with Crippen LogP contribution in [0, 0.1) is 11.3 Å². The SMILES string of the molecule is CC(C)C(=O)C(C)(C)C1=NCCO1. The number of nitrogens with zero attached hydrogens (tertiary/aromatic N) is 1. The highest BCUT2D eigenvalue weighted by molar-refractivity contribution is 6.06. The van der Waals surface area contributed by atoms with Gasteiger partial charge in [-0.1, -0.05) is 13.8 Å². The minimum atomic E-state index is -0.551. The molecule has 0 N–H and O–H groups in total. The van der Waals surface area contributed by atoms with Crippen LogP contribution < -0.4 is 0 Å². The van der Waals surface area contributed by atoms with Gasteiger partial charge in [0, 0.05) is 5.92 Å². The first-order valence-electron chi connectivity index (χ1n) is 4.68. The molecule has 0 saturated heterocycles. The number of Topliss-reactive ketones (excluding diaryl/α,β-unsaturated/α-hetero) is 1. The largest absolute Gasteiger partial charge is 0.478 e. The summed E-state index contributed by atoms with van der Waals surface area (Å²) in [5, 5.41) is 0. The van der Waals surface area contributed by atoms with E-state index in [0.29, 0.717) is 19.0 Å². The molecule has 0 atom stereocenters. The molecule has 13 heavy (non-hydrogen) atoms. The molecule has 0 spiro atoms. The monoisotopic (exact) mass is 183 g/mol. The van der Waals surface area contributed by atoms with E-state index in [1.165, 1.54) is 0 Å². The summed E-state index contributed by atoms with van der Waals surface area (Å²) in [7, 11) is 0. The Balaban J connectivity index is 2.80. The number of rotatable bonds is 3. The van der Waals surface area contributed by atoms with Crippen molar-refractivity contribution in [1.29, 1.82) is 0 Å². The molecule has 1 rings (SSSR count). The number of ketones is 1. The molecular formula is C10H17NO2. The van der Waals surface area contributed by atoms with Crippen molar-refractivity contribution in [3.05, 3.63) is 0 Å². The molecule has 3 heteroatoms.